The summed E-state index contributed by atoms with van der Waals surface area (Å²) >= 11 is 1.23. The van der Waals surface area contributed by atoms with Gasteiger partial charge in [-0.3, -0.25) is 9.59 Å². The van der Waals surface area contributed by atoms with Crippen molar-refractivity contribution < 1.29 is 14.4 Å². The molecule has 2 unspecified atom stereocenters. The molecular weight excluding hydrogens is 354 g/mol. The average Bonchev–Trinajstić information content (AvgIpc) is 3.20. The van der Waals surface area contributed by atoms with E-state index in [0.717, 1.165) is 24.6 Å². The van der Waals surface area contributed by atoms with E-state index < -0.39 is 0 Å². The Morgan fingerprint density at radius 2 is 2.04 bits per heavy atom. The predicted molar refractivity (Wildman–Crippen MR) is 99.5 cm³/mol. The monoisotopic (exact) mass is 371 g/mol. The van der Waals surface area contributed by atoms with Crippen LogP contribution in [-0.2, 0) is 4.79 Å². The molecule has 2 aromatic heterocycles. The fraction of sp³-hybridized carbons (Fsp3) is 0.294. The zero-order chi connectivity index (χ0) is 18.3. The first kappa shape index (κ1) is 16.5. The van der Waals surface area contributed by atoms with Crippen molar-refractivity contribution >= 4 is 50.8 Å². The first-order valence-corrected chi connectivity index (χ1v) is 9.12. The number of urea groups is 1. The number of hydrogen-bond donors (Lipinski definition) is 4. The van der Waals surface area contributed by atoms with Crippen molar-refractivity contribution in [3.8, 4) is 0 Å². The molecule has 4 N–H and O–H groups in total. The van der Waals surface area contributed by atoms with Crippen molar-refractivity contribution in [3.05, 3.63) is 29.8 Å². The standard InChI is InChI=1S/C17H17N5O3S/c1-2-11(23)19-8-4-3-5-9(8)20-15(24)14-13-12-10(21-17(25)22-13)6-7-18-16(12)26-14/h2,6-9H,1,3-5H2,(H,19,23)(H,20,24)(H2,21,22,25). The highest BCUT2D eigenvalue weighted by molar-refractivity contribution is 7.21. The lowest BCUT2D eigenvalue weighted by molar-refractivity contribution is -0.117. The number of anilines is 2. The number of nitrogens with zero attached hydrogens (tertiary/aromatic N) is 1. The summed E-state index contributed by atoms with van der Waals surface area (Å²) in [7, 11) is 0. The van der Waals surface area contributed by atoms with Gasteiger partial charge in [0.15, 0.2) is 0 Å². The summed E-state index contributed by atoms with van der Waals surface area (Å²) in [6, 6.07) is 1.04. The van der Waals surface area contributed by atoms with E-state index in [9.17, 15) is 14.4 Å². The minimum atomic E-state index is -0.380. The Morgan fingerprint density at radius 3 is 2.81 bits per heavy atom. The number of amides is 4. The number of rotatable bonds is 4. The third-order valence-corrected chi connectivity index (χ3v) is 5.73. The molecule has 8 nitrogen and oxygen atoms in total. The van der Waals surface area contributed by atoms with Crippen LogP contribution in [0.25, 0.3) is 10.2 Å². The lowest BCUT2D eigenvalue weighted by atomic mass is 10.1. The summed E-state index contributed by atoms with van der Waals surface area (Å²) in [5.41, 5.74) is 1.13. The Morgan fingerprint density at radius 1 is 1.27 bits per heavy atom. The van der Waals surface area contributed by atoms with Crippen LogP contribution in [-0.4, -0.2) is 34.9 Å². The second-order valence-electron chi connectivity index (χ2n) is 6.25. The molecule has 0 saturated heterocycles. The SMILES string of the molecule is C=CC(=O)NC1CCCC1NC(=O)c1sc2nccc3c2c1NC(=O)N3. The molecule has 26 heavy (non-hydrogen) atoms. The van der Waals surface area contributed by atoms with Crippen molar-refractivity contribution in [2.75, 3.05) is 10.6 Å². The van der Waals surface area contributed by atoms with E-state index in [0.29, 0.717) is 21.1 Å². The Hall–Kier alpha value is -2.94. The van der Waals surface area contributed by atoms with Crippen LogP contribution in [0.15, 0.2) is 24.9 Å². The Bertz CT molecular complexity index is 938. The predicted octanol–water partition coefficient (Wildman–Crippen LogP) is 2.21. The van der Waals surface area contributed by atoms with E-state index in [2.05, 4.69) is 32.8 Å². The second kappa shape index (κ2) is 6.41. The molecule has 4 amide bonds. The molecule has 0 bridgehead atoms. The molecular formula is C17H17N5O3S. The summed E-state index contributed by atoms with van der Waals surface area (Å²) in [4.78, 5) is 41.7. The van der Waals surface area contributed by atoms with Crippen LogP contribution in [0.1, 0.15) is 28.9 Å². The number of nitrogens with one attached hydrogen (secondary N) is 4. The van der Waals surface area contributed by atoms with Crippen LogP contribution in [0.4, 0.5) is 16.2 Å². The van der Waals surface area contributed by atoms with E-state index in [-0.39, 0.29) is 29.9 Å². The van der Waals surface area contributed by atoms with Gasteiger partial charge in [0.2, 0.25) is 5.91 Å². The van der Waals surface area contributed by atoms with Gasteiger partial charge in [0.25, 0.3) is 5.91 Å². The summed E-state index contributed by atoms with van der Waals surface area (Å²) < 4.78 is 0. The van der Waals surface area contributed by atoms with Gasteiger partial charge in [-0.1, -0.05) is 6.58 Å². The molecule has 4 rings (SSSR count). The van der Waals surface area contributed by atoms with Crippen molar-refractivity contribution in [2.45, 2.75) is 31.3 Å². The molecule has 1 aliphatic carbocycles. The van der Waals surface area contributed by atoms with Gasteiger partial charge in [0.05, 0.1) is 16.8 Å². The molecule has 134 valence electrons. The zero-order valence-corrected chi connectivity index (χ0v) is 14.6. The number of thiophene rings is 1. The topological polar surface area (TPSA) is 112 Å². The molecule has 0 radical (unpaired) electrons. The quantitative estimate of drug-likeness (QED) is 0.617. The molecule has 1 fully saturated rings. The lowest BCUT2D eigenvalue weighted by Gasteiger charge is -2.22. The molecule has 2 aromatic rings. The van der Waals surface area contributed by atoms with E-state index in [1.807, 2.05) is 0 Å². The molecule has 1 aliphatic heterocycles. The summed E-state index contributed by atoms with van der Waals surface area (Å²) in [5.74, 6) is -0.527. The highest BCUT2D eigenvalue weighted by Crippen LogP contribution is 2.41. The number of carbonyl (C=O) groups excluding carboxylic acids is 3. The van der Waals surface area contributed by atoms with E-state index in [1.165, 1.54) is 17.4 Å². The number of hydrogen-bond acceptors (Lipinski definition) is 5. The number of pyridine rings is 1. The first-order valence-electron chi connectivity index (χ1n) is 8.30. The number of aromatic nitrogens is 1. The highest BCUT2D eigenvalue weighted by Gasteiger charge is 2.32. The van der Waals surface area contributed by atoms with Crippen LogP contribution in [0.3, 0.4) is 0 Å². The third kappa shape index (κ3) is 2.80. The maximum atomic E-state index is 12.9. The highest BCUT2D eigenvalue weighted by atomic mass is 32.1. The summed E-state index contributed by atoms with van der Waals surface area (Å²) in [5, 5.41) is 12.0. The molecule has 2 aliphatic rings. The van der Waals surface area contributed by atoms with E-state index in [4.69, 9.17) is 0 Å². The molecule has 1 saturated carbocycles. The van der Waals surface area contributed by atoms with Gasteiger partial charge in [-0.05, 0) is 31.4 Å². The Kier molecular flexibility index (Phi) is 4.08. The van der Waals surface area contributed by atoms with E-state index >= 15 is 0 Å². The first-order chi connectivity index (χ1) is 12.6. The molecule has 3 heterocycles. The van der Waals surface area contributed by atoms with E-state index in [1.54, 1.807) is 12.3 Å². The van der Waals surface area contributed by atoms with Gasteiger partial charge in [-0.2, -0.15) is 0 Å². The largest absolute Gasteiger partial charge is 0.348 e. The van der Waals surface area contributed by atoms with Crippen LogP contribution in [0.5, 0.6) is 0 Å². The molecule has 2 atom stereocenters. The van der Waals surface area contributed by atoms with Gasteiger partial charge < -0.3 is 21.3 Å². The fourth-order valence-corrected chi connectivity index (χ4v) is 4.48. The van der Waals surface area contributed by atoms with Crippen molar-refractivity contribution in [2.24, 2.45) is 0 Å². The van der Waals surface area contributed by atoms with Crippen molar-refractivity contribution in [3.63, 3.8) is 0 Å². The van der Waals surface area contributed by atoms with Crippen molar-refractivity contribution in [1.29, 1.82) is 0 Å². The van der Waals surface area contributed by atoms with Crippen LogP contribution < -0.4 is 21.3 Å². The minimum Gasteiger partial charge on any atom is -0.348 e. The third-order valence-electron chi connectivity index (χ3n) is 4.63. The van der Waals surface area contributed by atoms with Gasteiger partial charge in [-0.25, -0.2) is 9.78 Å². The van der Waals surface area contributed by atoms with Gasteiger partial charge >= 0.3 is 6.03 Å². The second-order valence-corrected chi connectivity index (χ2v) is 7.25. The Balaban J connectivity index is 1.60. The Labute approximate surface area is 153 Å². The zero-order valence-electron chi connectivity index (χ0n) is 13.8. The van der Waals surface area contributed by atoms with Crippen LogP contribution >= 0.6 is 11.3 Å². The molecule has 0 spiro atoms. The maximum Gasteiger partial charge on any atom is 0.323 e. The van der Waals surface area contributed by atoms with Crippen molar-refractivity contribution in [1.82, 2.24) is 15.6 Å². The normalized spacial score (nSPS) is 21.0. The van der Waals surface area contributed by atoms with Crippen LogP contribution in [0.2, 0.25) is 0 Å². The molecule has 0 aromatic carbocycles. The molecule has 9 heteroatoms. The number of carbonyl (C=O) groups is 3. The minimum absolute atomic E-state index is 0.125. The smallest absolute Gasteiger partial charge is 0.323 e. The fourth-order valence-electron chi connectivity index (χ4n) is 3.45. The lowest BCUT2D eigenvalue weighted by Crippen LogP contribution is -2.48. The maximum absolute atomic E-state index is 12.9. The summed E-state index contributed by atoms with van der Waals surface area (Å²) in [6.07, 6.45) is 5.33. The van der Waals surface area contributed by atoms with Gasteiger partial charge in [-0.15, -0.1) is 11.3 Å². The summed E-state index contributed by atoms with van der Waals surface area (Å²) in [6.45, 7) is 3.45. The van der Waals surface area contributed by atoms with Crippen LogP contribution in [0, 0.1) is 0 Å². The average molecular weight is 371 g/mol. The van der Waals surface area contributed by atoms with Gasteiger partial charge in [0.1, 0.15) is 9.71 Å². The van der Waals surface area contributed by atoms with Gasteiger partial charge in [0, 0.05) is 18.3 Å².